The van der Waals surface area contributed by atoms with Crippen LogP contribution in [0.4, 0.5) is 4.79 Å². The summed E-state index contributed by atoms with van der Waals surface area (Å²) >= 11 is 0. The molecule has 4 nitrogen and oxygen atoms in total. The van der Waals surface area contributed by atoms with Gasteiger partial charge in [-0.05, 0) is 96.3 Å². The lowest BCUT2D eigenvalue weighted by Crippen LogP contribution is -2.53. The summed E-state index contributed by atoms with van der Waals surface area (Å²) in [5.74, 6) is 1.19. The Balaban J connectivity index is 1.33. The Morgan fingerprint density at radius 2 is 1.85 bits per heavy atom. The molecule has 3 fully saturated rings. The lowest BCUT2D eigenvalue weighted by Gasteiger charge is -2.44. The number of piperidine rings is 3. The molecule has 3 aliphatic heterocycles. The molecule has 2 bridgehead atoms. The molecule has 0 spiro atoms. The lowest BCUT2D eigenvalue weighted by molar-refractivity contribution is -0.0348. The van der Waals surface area contributed by atoms with Gasteiger partial charge in [0.1, 0.15) is 6.10 Å². The summed E-state index contributed by atoms with van der Waals surface area (Å²) in [5, 5.41) is 3.26. The van der Waals surface area contributed by atoms with E-state index in [1.807, 2.05) is 0 Å². The van der Waals surface area contributed by atoms with Gasteiger partial charge in [0.05, 0.1) is 6.04 Å². The largest absolute Gasteiger partial charge is 0.445 e. The van der Waals surface area contributed by atoms with Crippen LogP contribution in [-0.2, 0) is 17.6 Å². The highest BCUT2D eigenvalue weighted by Gasteiger charge is 2.42. The maximum Gasteiger partial charge on any atom is 0.407 e. The zero-order chi connectivity index (χ0) is 24.0. The minimum Gasteiger partial charge on any atom is -0.445 e. The molecule has 3 heterocycles. The zero-order valence-electron chi connectivity index (χ0n) is 21.5. The van der Waals surface area contributed by atoms with Crippen LogP contribution in [0.25, 0.3) is 11.1 Å². The van der Waals surface area contributed by atoms with Crippen LogP contribution in [0.1, 0.15) is 68.8 Å². The number of ether oxygens (including phenoxy) is 1. The average molecular weight is 461 g/mol. The smallest absolute Gasteiger partial charge is 0.407 e. The Labute approximate surface area is 205 Å². The van der Waals surface area contributed by atoms with Gasteiger partial charge in [0.15, 0.2) is 0 Å². The van der Waals surface area contributed by atoms with Crippen molar-refractivity contribution in [1.29, 1.82) is 0 Å². The van der Waals surface area contributed by atoms with E-state index in [4.69, 9.17) is 4.74 Å². The average Bonchev–Trinajstić information content (AvgIpc) is 3.03. The molecule has 0 unspecified atom stereocenters. The van der Waals surface area contributed by atoms with E-state index in [2.05, 4.69) is 81.2 Å². The van der Waals surface area contributed by atoms with Gasteiger partial charge in [-0.15, -0.1) is 0 Å². The Bertz CT molecular complexity index is 1050. The molecule has 1 aliphatic carbocycles. The number of nitrogens with zero attached hydrogens (tertiary/aromatic N) is 1. The maximum atomic E-state index is 13.0. The second kappa shape index (κ2) is 9.03. The van der Waals surface area contributed by atoms with Gasteiger partial charge in [-0.25, -0.2) is 4.79 Å². The number of aryl methyl sites for hydroxylation is 1. The van der Waals surface area contributed by atoms with Crippen molar-refractivity contribution in [3.63, 3.8) is 0 Å². The van der Waals surface area contributed by atoms with Crippen molar-refractivity contribution < 1.29 is 9.53 Å². The number of rotatable bonds is 5. The molecule has 34 heavy (non-hydrogen) atoms. The fourth-order valence-electron chi connectivity index (χ4n) is 6.42. The predicted octanol–water partition coefficient (Wildman–Crippen LogP) is 6.30. The molecule has 4 heteroatoms. The molecular weight excluding hydrogens is 420 g/mol. The van der Waals surface area contributed by atoms with Gasteiger partial charge in [-0.3, -0.25) is 4.90 Å². The summed E-state index contributed by atoms with van der Waals surface area (Å²) in [6, 6.07) is 13.7. The van der Waals surface area contributed by atoms with Crippen molar-refractivity contribution in [2.45, 2.75) is 72.4 Å². The molecule has 2 aromatic rings. The van der Waals surface area contributed by atoms with Gasteiger partial charge < -0.3 is 10.1 Å². The highest BCUT2D eigenvalue weighted by molar-refractivity contribution is 5.72. The van der Waals surface area contributed by atoms with E-state index in [9.17, 15) is 4.79 Å². The Hall–Kier alpha value is -2.33. The molecule has 1 N–H and O–H groups in total. The molecule has 1 amide bonds. The maximum absolute atomic E-state index is 13.0. The summed E-state index contributed by atoms with van der Waals surface area (Å²) < 4.78 is 5.97. The summed E-state index contributed by atoms with van der Waals surface area (Å²) in [5.41, 5.74) is 7.74. The van der Waals surface area contributed by atoms with Crippen molar-refractivity contribution >= 4 is 6.09 Å². The van der Waals surface area contributed by atoms with Crippen molar-refractivity contribution in [2.24, 2.45) is 17.3 Å². The van der Waals surface area contributed by atoms with Gasteiger partial charge in [0.25, 0.3) is 0 Å². The second-order valence-electron chi connectivity index (χ2n) is 12.0. The number of alkyl carbamates (subject to hydrolysis) is 1. The van der Waals surface area contributed by atoms with E-state index < -0.39 is 0 Å². The monoisotopic (exact) mass is 460 g/mol. The number of amides is 1. The fraction of sp³-hybridized carbons (Fsp3) is 0.567. The van der Waals surface area contributed by atoms with Crippen LogP contribution < -0.4 is 5.32 Å². The van der Waals surface area contributed by atoms with Gasteiger partial charge in [-0.1, -0.05) is 64.1 Å². The van der Waals surface area contributed by atoms with Crippen LogP contribution in [0.2, 0.25) is 0 Å². The first-order chi connectivity index (χ1) is 16.2. The molecule has 0 radical (unpaired) electrons. The van der Waals surface area contributed by atoms with Crippen LogP contribution in [0.5, 0.6) is 0 Å². The number of hydrogen-bond donors (Lipinski definition) is 1. The van der Waals surface area contributed by atoms with Gasteiger partial charge in [0, 0.05) is 6.54 Å². The van der Waals surface area contributed by atoms with E-state index in [-0.39, 0.29) is 23.7 Å². The zero-order valence-corrected chi connectivity index (χ0v) is 21.5. The quantitative estimate of drug-likeness (QED) is 0.569. The topological polar surface area (TPSA) is 41.6 Å². The van der Waals surface area contributed by atoms with Crippen molar-refractivity contribution in [3.8, 4) is 11.1 Å². The fourth-order valence-corrected chi connectivity index (χ4v) is 6.42. The first-order valence-electron chi connectivity index (χ1n) is 13.1. The molecule has 6 rings (SSSR count). The Kier molecular flexibility index (Phi) is 6.22. The van der Waals surface area contributed by atoms with E-state index in [0.717, 1.165) is 45.3 Å². The minimum absolute atomic E-state index is 0.0303. The van der Waals surface area contributed by atoms with E-state index in [0.29, 0.717) is 11.8 Å². The number of carbonyl (C=O) groups excluding carboxylic acids is 1. The minimum atomic E-state index is -0.257. The van der Waals surface area contributed by atoms with Gasteiger partial charge in [0.2, 0.25) is 0 Å². The number of hydrogen-bond acceptors (Lipinski definition) is 3. The van der Waals surface area contributed by atoms with Crippen LogP contribution >= 0.6 is 0 Å². The third-order valence-corrected chi connectivity index (χ3v) is 8.25. The van der Waals surface area contributed by atoms with Crippen LogP contribution in [0.15, 0.2) is 36.4 Å². The van der Waals surface area contributed by atoms with Crippen LogP contribution in [0.3, 0.4) is 0 Å². The molecule has 4 aliphatic rings. The van der Waals surface area contributed by atoms with Gasteiger partial charge in [-0.2, -0.15) is 0 Å². The first-order valence-corrected chi connectivity index (χ1v) is 13.1. The highest BCUT2D eigenvalue weighted by Crippen LogP contribution is 2.47. The van der Waals surface area contributed by atoms with Crippen molar-refractivity contribution in [1.82, 2.24) is 10.2 Å². The van der Waals surface area contributed by atoms with Crippen molar-refractivity contribution in [2.75, 3.05) is 19.6 Å². The molecule has 2 aromatic carbocycles. The molecule has 2 atom stereocenters. The Morgan fingerprint density at radius 1 is 1.15 bits per heavy atom. The van der Waals surface area contributed by atoms with E-state index in [1.54, 1.807) is 0 Å². The third kappa shape index (κ3) is 4.62. The number of fused-ring (bicyclic) bond motifs is 4. The first kappa shape index (κ1) is 23.4. The molecular formula is C30H40N2O2. The molecule has 3 saturated heterocycles. The SMILES string of the molecule is Cc1cc2c(cc1-c1ccc(CC(C)C)cc1)CC(C)(C)[C@H]2NC(=O)O[C@H]1CN2CCC1CC2. The number of carbonyl (C=O) groups is 1. The number of nitrogens with one attached hydrogen (secondary N) is 1. The standard InChI is InChI=1S/C30H40N2O2/c1-19(2)14-21-6-8-22(9-7-21)25-16-24-17-30(4,5)28(26(24)15-20(25)3)31-29(33)34-27-18-32-12-10-23(27)11-13-32/h6-9,15-16,19,23,27-28H,10-14,17-18H2,1-5H3,(H,31,33)/t27-,28-/m0/s1. The highest BCUT2D eigenvalue weighted by atomic mass is 16.6. The summed E-state index contributed by atoms with van der Waals surface area (Å²) in [6.07, 6.45) is 4.14. The van der Waals surface area contributed by atoms with E-state index in [1.165, 1.54) is 33.4 Å². The second-order valence-corrected chi connectivity index (χ2v) is 12.0. The number of benzene rings is 2. The predicted molar refractivity (Wildman–Crippen MR) is 138 cm³/mol. The summed E-state index contributed by atoms with van der Waals surface area (Å²) in [4.78, 5) is 15.4. The normalized spacial score (nSPS) is 27.0. The van der Waals surface area contributed by atoms with Gasteiger partial charge >= 0.3 is 6.09 Å². The molecule has 182 valence electrons. The summed E-state index contributed by atoms with van der Waals surface area (Å²) in [7, 11) is 0. The molecule has 0 saturated carbocycles. The van der Waals surface area contributed by atoms with Crippen molar-refractivity contribution in [3.05, 3.63) is 58.7 Å². The lowest BCUT2D eigenvalue weighted by atomic mass is 9.85. The Morgan fingerprint density at radius 3 is 2.47 bits per heavy atom. The van der Waals surface area contributed by atoms with E-state index >= 15 is 0 Å². The third-order valence-electron chi connectivity index (χ3n) is 8.25. The molecule has 0 aromatic heterocycles. The van der Waals surface area contributed by atoms with Crippen LogP contribution in [-0.4, -0.2) is 36.7 Å². The summed E-state index contributed by atoms with van der Waals surface area (Å²) in [6.45, 7) is 14.4. The van der Waals surface area contributed by atoms with Crippen LogP contribution in [0, 0.1) is 24.2 Å².